The molecule has 3 aromatic rings. The van der Waals surface area contributed by atoms with Gasteiger partial charge in [-0.1, -0.05) is 29.8 Å². The summed E-state index contributed by atoms with van der Waals surface area (Å²) in [7, 11) is 0. The van der Waals surface area contributed by atoms with Crippen molar-refractivity contribution in [1.82, 2.24) is 10.3 Å². The van der Waals surface area contributed by atoms with Crippen molar-refractivity contribution in [3.8, 4) is 9.88 Å². The molecule has 7 heteroatoms. The standard InChI is InChI=1S/C18H18ClN3OS2/c1-12-16(25-18(22-12)14-8-9-15(19)24-14)17(23)21-11-5-10-20-13-6-3-2-4-7-13/h2-4,6-9,20H,5,10-11H2,1H3,(H,21,23). The molecule has 0 aliphatic heterocycles. The predicted octanol–water partition coefficient (Wildman–Crippen LogP) is 5.07. The number of nitrogens with one attached hydrogen (secondary N) is 2. The monoisotopic (exact) mass is 391 g/mol. The van der Waals surface area contributed by atoms with Gasteiger partial charge in [0.25, 0.3) is 5.91 Å². The van der Waals surface area contributed by atoms with E-state index in [0.717, 1.165) is 38.6 Å². The Bertz CT molecular complexity index is 845. The van der Waals surface area contributed by atoms with Crippen molar-refractivity contribution >= 4 is 45.9 Å². The Labute approximate surface area is 159 Å². The molecule has 25 heavy (non-hydrogen) atoms. The van der Waals surface area contributed by atoms with Crippen molar-refractivity contribution < 1.29 is 4.79 Å². The fourth-order valence-electron chi connectivity index (χ4n) is 2.30. The van der Waals surface area contributed by atoms with Crippen molar-refractivity contribution in [2.24, 2.45) is 0 Å². The molecule has 0 unspecified atom stereocenters. The molecule has 0 saturated heterocycles. The number of carbonyl (C=O) groups excluding carboxylic acids is 1. The first-order valence-corrected chi connectivity index (χ1v) is 9.95. The number of rotatable bonds is 7. The number of thiophene rings is 1. The lowest BCUT2D eigenvalue weighted by Crippen LogP contribution is -2.25. The molecule has 0 fully saturated rings. The zero-order valence-electron chi connectivity index (χ0n) is 13.7. The lowest BCUT2D eigenvalue weighted by atomic mass is 10.3. The van der Waals surface area contributed by atoms with Gasteiger partial charge in [-0.05, 0) is 37.6 Å². The van der Waals surface area contributed by atoms with E-state index in [1.807, 2.05) is 49.4 Å². The molecular weight excluding hydrogens is 374 g/mol. The summed E-state index contributed by atoms with van der Waals surface area (Å²) in [6.07, 6.45) is 0.853. The summed E-state index contributed by atoms with van der Waals surface area (Å²) in [5, 5.41) is 7.13. The molecule has 1 amide bonds. The summed E-state index contributed by atoms with van der Waals surface area (Å²) in [6.45, 7) is 3.29. The van der Waals surface area contributed by atoms with E-state index in [1.165, 1.54) is 22.7 Å². The van der Waals surface area contributed by atoms with Crippen LogP contribution in [0.4, 0.5) is 5.69 Å². The van der Waals surface area contributed by atoms with Gasteiger partial charge in [-0.25, -0.2) is 4.98 Å². The van der Waals surface area contributed by atoms with Gasteiger partial charge in [-0.2, -0.15) is 0 Å². The van der Waals surface area contributed by atoms with E-state index in [2.05, 4.69) is 15.6 Å². The number of para-hydroxylation sites is 1. The minimum atomic E-state index is -0.0661. The van der Waals surface area contributed by atoms with Crippen LogP contribution in [0.5, 0.6) is 0 Å². The zero-order valence-corrected chi connectivity index (χ0v) is 16.1. The minimum absolute atomic E-state index is 0.0661. The number of hydrogen-bond donors (Lipinski definition) is 2. The molecule has 130 valence electrons. The van der Waals surface area contributed by atoms with Crippen LogP contribution < -0.4 is 10.6 Å². The van der Waals surface area contributed by atoms with Crippen LogP contribution >= 0.6 is 34.3 Å². The van der Waals surface area contributed by atoms with Gasteiger partial charge < -0.3 is 10.6 Å². The second-order valence-corrected chi connectivity index (χ2v) is 8.15. The normalized spacial score (nSPS) is 10.6. The van der Waals surface area contributed by atoms with Crippen LogP contribution in [-0.2, 0) is 0 Å². The SMILES string of the molecule is Cc1nc(-c2ccc(Cl)s2)sc1C(=O)NCCCNc1ccccc1. The average Bonchev–Trinajstić information content (AvgIpc) is 3.21. The maximum atomic E-state index is 12.4. The second-order valence-electron chi connectivity index (χ2n) is 5.44. The van der Waals surface area contributed by atoms with Gasteiger partial charge in [0, 0.05) is 18.8 Å². The maximum absolute atomic E-state index is 12.4. The first kappa shape index (κ1) is 17.9. The van der Waals surface area contributed by atoms with Crippen LogP contribution in [0.15, 0.2) is 42.5 Å². The van der Waals surface area contributed by atoms with Crippen molar-refractivity contribution in [2.75, 3.05) is 18.4 Å². The number of hydrogen-bond acceptors (Lipinski definition) is 5. The number of halogens is 1. The van der Waals surface area contributed by atoms with Crippen LogP contribution in [0.25, 0.3) is 9.88 Å². The van der Waals surface area contributed by atoms with Gasteiger partial charge in [0.15, 0.2) is 0 Å². The lowest BCUT2D eigenvalue weighted by molar-refractivity contribution is 0.0957. The van der Waals surface area contributed by atoms with Gasteiger partial charge in [0.1, 0.15) is 9.88 Å². The number of benzene rings is 1. The van der Waals surface area contributed by atoms with Crippen LogP contribution in [0.2, 0.25) is 4.34 Å². The maximum Gasteiger partial charge on any atom is 0.263 e. The number of nitrogens with zero attached hydrogens (tertiary/aromatic N) is 1. The van der Waals surface area contributed by atoms with E-state index < -0.39 is 0 Å². The van der Waals surface area contributed by atoms with E-state index in [1.54, 1.807) is 0 Å². The number of carbonyl (C=O) groups is 1. The van der Waals surface area contributed by atoms with E-state index in [9.17, 15) is 4.79 Å². The highest BCUT2D eigenvalue weighted by Gasteiger charge is 2.16. The van der Waals surface area contributed by atoms with Crippen LogP contribution in [-0.4, -0.2) is 24.0 Å². The third-order valence-corrected chi connectivity index (χ3v) is 6.09. The number of aryl methyl sites for hydroxylation is 1. The summed E-state index contributed by atoms with van der Waals surface area (Å²) in [4.78, 5) is 18.5. The van der Waals surface area contributed by atoms with E-state index in [0.29, 0.717) is 11.4 Å². The van der Waals surface area contributed by atoms with E-state index in [-0.39, 0.29) is 5.91 Å². The number of thiazole rings is 1. The molecule has 0 saturated carbocycles. The molecule has 2 heterocycles. The molecule has 0 aliphatic carbocycles. The van der Waals surface area contributed by atoms with Crippen LogP contribution in [0.1, 0.15) is 21.8 Å². The molecule has 2 N–H and O–H groups in total. The third-order valence-electron chi connectivity index (χ3n) is 3.53. The van der Waals surface area contributed by atoms with Gasteiger partial charge in [0.2, 0.25) is 0 Å². The third kappa shape index (κ3) is 4.81. The molecular formula is C18H18ClN3OS2. The summed E-state index contributed by atoms with van der Waals surface area (Å²) < 4.78 is 0.722. The van der Waals surface area contributed by atoms with Crippen molar-refractivity contribution in [1.29, 1.82) is 0 Å². The molecule has 0 bridgehead atoms. The summed E-state index contributed by atoms with van der Waals surface area (Å²) in [5.74, 6) is -0.0661. The summed E-state index contributed by atoms with van der Waals surface area (Å²) in [6, 6.07) is 13.8. The smallest absolute Gasteiger partial charge is 0.263 e. The highest BCUT2D eigenvalue weighted by Crippen LogP contribution is 2.34. The molecule has 0 spiro atoms. The lowest BCUT2D eigenvalue weighted by Gasteiger charge is -2.07. The quantitative estimate of drug-likeness (QED) is 0.553. The first-order chi connectivity index (χ1) is 12.1. The van der Waals surface area contributed by atoms with Crippen molar-refractivity contribution in [2.45, 2.75) is 13.3 Å². The fraction of sp³-hybridized carbons (Fsp3) is 0.222. The Balaban J connectivity index is 1.49. The molecule has 0 aliphatic rings. The first-order valence-electron chi connectivity index (χ1n) is 7.94. The fourth-order valence-corrected chi connectivity index (χ4v) is 4.38. The predicted molar refractivity (Wildman–Crippen MR) is 107 cm³/mol. The van der Waals surface area contributed by atoms with E-state index >= 15 is 0 Å². The summed E-state index contributed by atoms with van der Waals surface area (Å²) >= 11 is 8.85. The molecule has 2 aromatic heterocycles. The van der Waals surface area contributed by atoms with Crippen molar-refractivity contribution in [3.05, 3.63) is 57.4 Å². The zero-order chi connectivity index (χ0) is 17.6. The van der Waals surface area contributed by atoms with E-state index in [4.69, 9.17) is 11.6 Å². The van der Waals surface area contributed by atoms with Crippen LogP contribution in [0.3, 0.4) is 0 Å². The highest BCUT2D eigenvalue weighted by atomic mass is 35.5. The summed E-state index contributed by atoms with van der Waals surface area (Å²) in [5.41, 5.74) is 1.84. The molecule has 0 atom stereocenters. The Morgan fingerprint density at radius 3 is 2.64 bits per heavy atom. The highest BCUT2D eigenvalue weighted by molar-refractivity contribution is 7.24. The second kappa shape index (κ2) is 8.47. The average molecular weight is 392 g/mol. The number of amides is 1. The molecule has 0 radical (unpaired) electrons. The Hall–Kier alpha value is -1.89. The Morgan fingerprint density at radius 1 is 1.12 bits per heavy atom. The van der Waals surface area contributed by atoms with Gasteiger partial charge in [-0.3, -0.25) is 4.79 Å². The van der Waals surface area contributed by atoms with Gasteiger partial charge in [-0.15, -0.1) is 22.7 Å². The minimum Gasteiger partial charge on any atom is -0.385 e. The largest absolute Gasteiger partial charge is 0.385 e. The number of anilines is 1. The number of aromatic nitrogens is 1. The van der Waals surface area contributed by atoms with Gasteiger partial charge in [0.05, 0.1) is 14.9 Å². The Morgan fingerprint density at radius 2 is 1.92 bits per heavy atom. The molecule has 3 rings (SSSR count). The van der Waals surface area contributed by atoms with Gasteiger partial charge >= 0.3 is 0 Å². The molecule has 4 nitrogen and oxygen atoms in total. The van der Waals surface area contributed by atoms with Crippen molar-refractivity contribution in [3.63, 3.8) is 0 Å². The molecule has 1 aromatic carbocycles. The Kier molecular flexibility index (Phi) is 6.07. The topological polar surface area (TPSA) is 54.0 Å². The van der Waals surface area contributed by atoms with Crippen LogP contribution in [0, 0.1) is 6.92 Å².